The zero-order valence-electron chi connectivity index (χ0n) is 21.0. The number of allylic oxidation sites excluding steroid dienone is 7. The summed E-state index contributed by atoms with van der Waals surface area (Å²) in [6.07, 6.45) is 6.95. The molecule has 4 aliphatic rings. The van der Waals surface area contributed by atoms with Crippen molar-refractivity contribution in [1.29, 1.82) is 0 Å². The van der Waals surface area contributed by atoms with Crippen LogP contribution in [0.5, 0.6) is 11.5 Å². The highest BCUT2D eigenvalue weighted by atomic mass is 16.5. The monoisotopic (exact) mass is 517 g/mol. The van der Waals surface area contributed by atoms with E-state index < -0.39 is 35.5 Å². The number of phenols is 1. The number of carbonyl (C=O) groups is 5. The number of methoxy groups -OCH3 is 1. The van der Waals surface area contributed by atoms with E-state index in [4.69, 9.17) is 9.84 Å². The molecule has 4 atom stereocenters. The van der Waals surface area contributed by atoms with E-state index in [9.17, 15) is 29.1 Å². The number of imide groups is 1. The van der Waals surface area contributed by atoms with Crippen LogP contribution in [0.2, 0.25) is 0 Å². The predicted octanol–water partition coefficient (Wildman–Crippen LogP) is 2.85. The lowest BCUT2D eigenvalue weighted by Gasteiger charge is -2.41. The summed E-state index contributed by atoms with van der Waals surface area (Å²) in [5.41, 5.74) is 2.58. The summed E-state index contributed by atoms with van der Waals surface area (Å²) in [6.45, 7) is 1.39. The van der Waals surface area contributed by atoms with Crippen LogP contribution in [0, 0.1) is 23.7 Å². The van der Waals surface area contributed by atoms with Crippen molar-refractivity contribution in [3.05, 3.63) is 64.3 Å². The van der Waals surface area contributed by atoms with E-state index in [-0.39, 0.29) is 48.4 Å². The Balaban J connectivity index is 1.56. The number of carboxylic acid groups (broad SMARTS) is 1. The van der Waals surface area contributed by atoms with Gasteiger partial charge in [-0.2, -0.15) is 0 Å². The Bertz CT molecular complexity index is 1410. The van der Waals surface area contributed by atoms with Crippen LogP contribution in [0.3, 0.4) is 0 Å². The molecule has 4 unspecified atom stereocenters. The van der Waals surface area contributed by atoms with Crippen molar-refractivity contribution in [3.63, 3.8) is 0 Å². The van der Waals surface area contributed by atoms with Crippen LogP contribution < -0.4 is 4.74 Å². The number of fused-ring (bicyclic) bond motifs is 3. The second-order valence-corrected chi connectivity index (χ2v) is 10.0. The van der Waals surface area contributed by atoms with E-state index in [1.165, 1.54) is 19.3 Å². The Morgan fingerprint density at radius 3 is 2.63 bits per heavy atom. The lowest BCUT2D eigenvalue weighted by atomic mass is 9.60. The number of rotatable bonds is 6. The van der Waals surface area contributed by atoms with E-state index >= 15 is 0 Å². The summed E-state index contributed by atoms with van der Waals surface area (Å²) in [5.74, 6) is -4.53. The van der Waals surface area contributed by atoms with E-state index in [2.05, 4.69) is 0 Å². The molecule has 1 aromatic rings. The van der Waals surface area contributed by atoms with Crippen LogP contribution in [0.25, 0.3) is 6.08 Å². The first kappa shape index (κ1) is 25.4. The van der Waals surface area contributed by atoms with Gasteiger partial charge < -0.3 is 14.9 Å². The molecule has 1 heterocycles. The van der Waals surface area contributed by atoms with Gasteiger partial charge in [-0.1, -0.05) is 29.9 Å². The average Bonchev–Trinajstić information content (AvgIpc) is 3.13. The summed E-state index contributed by atoms with van der Waals surface area (Å²) >= 11 is 0. The first-order valence-corrected chi connectivity index (χ1v) is 12.4. The number of aliphatic carboxylic acids is 1. The predicted molar refractivity (Wildman–Crippen MR) is 135 cm³/mol. The third kappa shape index (κ3) is 4.08. The molecule has 1 fully saturated rings. The molecule has 1 aliphatic heterocycles. The third-order valence-electron chi connectivity index (χ3n) is 7.94. The highest BCUT2D eigenvalue weighted by Crippen LogP contribution is 2.52. The van der Waals surface area contributed by atoms with Crippen molar-refractivity contribution in [2.45, 2.75) is 26.2 Å². The summed E-state index contributed by atoms with van der Waals surface area (Å²) < 4.78 is 5.18. The van der Waals surface area contributed by atoms with Gasteiger partial charge in [-0.05, 0) is 49.5 Å². The second kappa shape index (κ2) is 9.55. The number of Topliss-reactive ketones (excluding diaryl/α,β-unsaturated/α-hetero) is 1. The number of phenolic OH excluding ortho intramolecular Hbond substituents is 1. The minimum Gasteiger partial charge on any atom is -0.504 e. The quantitative estimate of drug-likeness (QED) is 0.334. The van der Waals surface area contributed by atoms with Gasteiger partial charge >= 0.3 is 5.97 Å². The van der Waals surface area contributed by atoms with Gasteiger partial charge in [-0.15, -0.1) is 0 Å². The van der Waals surface area contributed by atoms with Crippen LogP contribution in [0.1, 0.15) is 31.7 Å². The van der Waals surface area contributed by atoms with Crippen molar-refractivity contribution in [2.75, 3.05) is 13.7 Å². The van der Waals surface area contributed by atoms with Gasteiger partial charge in [0, 0.05) is 29.2 Å². The number of aromatic hydroxyl groups is 1. The first-order valence-electron chi connectivity index (χ1n) is 12.4. The molecule has 38 heavy (non-hydrogen) atoms. The normalized spacial score (nSPS) is 26.7. The molecule has 2 N–H and O–H groups in total. The maximum Gasteiger partial charge on any atom is 0.305 e. The first-order chi connectivity index (χ1) is 18.1. The minimum absolute atomic E-state index is 0.0149. The van der Waals surface area contributed by atoms with Gasteiger partial charge in [0.15, 0.2) is 23.1 Å². The molecular weight excluding hydrogens is 490 g/mol. The molecule has 0 aromatic heterocycles. The largest absolute Gasteiger partial charge is 0.504 e. The van der Waals surface area contributed by atoms with Crippen LogP contribution >= 0.6 is 0 Å². The van der Waals surface area contributed by atoms with E-state index in [1.807, 2.05) is 12.2 Å². The molecule has 1 aromatic carbocycles. The highest BCUT2D eigenvalue weighted by Gasteiger charge is 2.55. The zero-order valence-corrected chi connectivity index (χ0v) is 21.0. The summed E-state index contributed by atoms with van der Waals surface area (Å²) in [5, 5.41) is 19.0. The van der Waals surface area contributed by atoms with Crippen molar-refractivity contribution in [3.8, 4) is 11.5 Å². The van der Waals surface area contributed by atoms with Gasteiger partial charge in [0.1, 0.15) is 0 Å². The standard InChI is InChI=1S/C29H27NO8/c1-14-11-22(32)25-17(5-3-15-4-8-21(31)23(12-15)38-2)16-6-7-18-26(19(16)13-20(25)27(14)35)29(37)30(28(18)36)10-9-24(33)34/h3-6,8,11-12,17-19,26,31H,7,9-10,13H2,1-2H3,(H,33,34). The Morgan fingerprint density at radius 1 is 1.16 bits per heavy atom. The number of likely N-dealkylation sites (tertiary alicyclic amines) is 1. The molecule has 196 valence electrons. The topological polar surface area (TPSA) is 138 Å². The molecule has 2 amide bonds. The molecule has 0 radical (unpaired) electrons. The van der Waals surface area contributed by atoms with Crippen molar-refractivity contribution >= 4 is 35.4 Å². The molecule has 5 rings (SSSR count). The molecule has 0 saturated carbocycles. The zero-order chi connectivity index (χ0) is 27.3. The van der Waals surface area contributed by atoms with Crippen LogP contribution in [-0.4, -0.2) is 58.1 Å². The van der Waals surface area contributed by atoms with Gasteiger partial charge in [0.25, 0.3) is 0 Å². The maximum absolute atomic E-state index is 13.4. The summed E-state index contributed by atoms with van der Waals surface area (Å²) in [4.78, 5) is 65.0. The SMILES string of the molecule is COc1cc(C=CC2C3=CCC4C(=O)N(CCC(=O)O)C(=O)C4C3CC3=C2C(=O)C=C(C)C3=O)ccc1O. The third-order valence-corrected chi connectivity index (χ3v) is 7.94. The number of ketones is 2. The van der Waals surface area contributed by atoms with E-state index in [0.717, 1.165) is 10.5 Å². The maximum atomic E-state index is 13.4. The number of nitrogens with zero attached hydrogens (tertiary/aromatic N) is 1. The van der Waals surface area contributed by atoms with Gasteiger partial charge in [-0.3, -0.25) is 28.9 Å². The van der Waals surface area contributed by atoms with E-state index in [1.54, 1.807) is 25.1 Å². The fourth-order valence-electron chi connectivity index (χ4n) is 6.16. The Morgan fingerprint density at radius 2 is 1.92 bits per heavy atom. The molecule has 0 spiro atoms. The van der Waals surface area contributed by atoms with Crippen molar-refractivity contribution in [1.82, 2.24) is 4.90 Å². The number of hydrogen-bond acceptors (Lipinski definition) is 7. The Hall–Kier alpha value is -4.27. The molecule has 0 bridgehead atoms. The fourth-order valence-corrected chi connectivity index (χ4v) is 6.16. The molecule has 3 aliphatic carbocycles. The Labute approximate surface area is 218 Å². The lowest BCUT2D eigenvalue weighted by Crippen LogP contribution is -2.40. The van der Waals surface area contributed by atoms with Crippen LogP contribution in [0.4, 0.5) is 0 Å². The molecule has 1 saturated heterocycles. The van der Waals surface area contributed by atoms with Crippen molar-refractivity contribution < 1.29 is 38.9 Å². The number of amides is 2. The minimum atomic E-state index is -1.10. The second-order valence-electron chi connectivity index (χ2n) is 10.0. The number of ether oxygens (including phenoxy) is 1. The summed E-state index contributed by atoms with van der Waals surface area (Å²) in [6, 6.07) is 4.82. The number of benzene rings is 1. The molecular formula is C29H27NO8. The average molecular weight is 518 g/mol. The van der Waals surface area contributed by atoms with Gasteiger partial charge in [-0.25, -0.2) is 0 Å². The number of carbonyl (C=O) groups excluding carboxylic acids is 4. The number of hydrogen-bond donors (Lipinski definition) is 2. The molecule has 9 nitrogen and oxygen atoms in total. The smallest absolute Gasteiger partial charge is 0.305 e. The highest BCUT2D eigenvalue weighted by molar-refractivity contribution is 6.23. The van der Waals surface area contributed by atoms with Gasteiger partial charge in [0.05, 0.1) is 25.4 Å². The van der Waals surface area contributed by atoms with Crippen LogP contribution in [-0.2, 0) is 24.0 Å². The lowest BCUT2D eigenvalue weighted by molar-refractivity contribution is -0.142. The van der Waals surface area contributed by atoms with Crippen molar-refractivity contribution in [2.24, 2.45) is 23.7 Å². The van der Waals surface area contributed by atoms with Gasteiger partial charge in [0.2, 0.25) is 11.8 Å². The number of carboxylic acids is 1. The Kier molecular flexibility index (Phi) is 6.38. The summed E-state index contributed by atoms with van der Waals surface area (Å²) in [7, 11) is 1.44. The fraction of sp³-hybridized carbons (Fsp3) is 0.345. The van der Waals surface area contributed by atoms with Crippen LogP contribution in [0.15, 0.2) is 58.7 Å². The molecule has 9 heteroatoms. The van der Waals surface area contributed by atoms with E-state index in [0.29, 0.717) is 28.7 Å².